The van der Waals surface area contributed by atoms with E-state index >= 15 is 0 Å². The Morgan fingerprint density at radius 2 is 2.17 bits per heavy atom. The fraction of sp³-hybridized carbons (Fsp3) is 0.533. The zero-order valence-corrected chi connectivity index (χ0v) is 11.5. The lowest BCUT2D eigenvalue weighted by Gasteiger charge is -2.31. The lowest BCUT2D eigenvalue weighted by atomic mass is 10.1. The third-order valence-corrected chi connectivity index (χ3v) is 4.06. The number of amidine groups is 1. The molecule has 3 nitrogen and oxygen atoms in total. The third-order valence-electron chi connectivity index (χ3n) is 4.06. The quantitative estimate of drug-likeness (QED) is 0.635. The van der Waals surface area contributed by atoms with Crippen LogP contribution in [0, 0.1) is 12.3 Å². The van der Waals surface area contributed by atoms with Crippen LogP contribution in [0.5, 0.6) is 0 Å². The van der Waals surface area contributed by atoms with Crippen molar-refractivity contribution in [3.8, 4) is 0 Å². The average Bonchev–Trinajstić information content (AvgIpc) is 2.69. The molecule has 2 rings (SSSR count). The van der Waals surface area contributed by atoms with Crippen molar-refractivity contribution in [2.24, 2.45) is 5.73 Å². The Bertz CT molecular complexity index is 453. The Hall–Kier alpha value is -1.51. The van der Waals surface area contributed by atoms with E-state index < -0.39 is 0 Å². The number of nitrogens with zero attached hydrogens (tertiary/aromatic N) is 1. The normalized spacial score (nSPS) is 23.4. The summed E-state index contributed by atoms with van der Waals surface area (Å²) in [5.41, 5.74) is 8.78. The van der Waals surface area contributed by atoms with Gasteiger partial charge < -0.3 is 10.6 Å². The number of aryl methyl sites for hydroxylation is 1. The first-order chi connectivity index (χ1) is 8.54. The van der Waals surface area contributed by atoms with Gasteiger partial charge in [-0.1, -0.05) is 6.92 Å². The molecule has 1 fully saturated rings. The molecule has 1 aliphatic heterocycles. The van der Waals surface area contributed by atoms with E-state index in [0.29, 0.717) is 12.1 Å². The third kappa shape index (κ3) is 2.22. The smallest absolute Gasteiger partial charge is 0.123 e. The number of nitrogen functional groups attached to an aromatic ring is 1. The van der Waals surface area contributed by atoms with Crippen molar-refractivity contribution in [3.63, 3.8) is 0 Å². The standard InChI is InChI=1S/C15H23N3/c1-4-12-6-5-11(3)18(12)13-7-8-14(15(16)17)10(2)9-13/h7-9,11-12H,4-6H2,1-3H3,(H3,16,17). The molecule has 1 saturated heterocycles. The number of benzene rings is 1. The summed E-state index contributed by atoms with van der Waals surface area (Å²) in [7, 11) is 0. The highest BCUT2D eigenvalue weighted by Gasteiger charge is 2.29. The summed E-state index contributed by atoms with van der Waals surface area (Å²) in [6.45, 7) is 6.58. The molecule has 0 saturated carbocycles. The van der Waals surface area contributed by atoms with Crippen LogP contribution in [0.4, 0.5) is 5.69 Å². The Morgan fingerprint density at radius 1 is 1.44 bits per heavy atom. The van der Waals surface area contributed by atoms with Crippen molar-refractivity contribution >= 4 is 11.5 Å². The van der Waals surface area contributed by atoms with Crippen molar-refractivity contribution in [1.29, 1.82) is 5.41 Å². The van der Waals surface area contributed by atoms with E-state index in [2.05, 4.69) is 30.9 Å². The first kappa shape index (κ1) is 12.9. The molecule has 1 aliphatic rings. The van der Waals surface area contributed by atoms with E-state index in [0.717, 1.165) is 11.1 Å². The Morgan fingerprint density at radius 3 is 2.72 bits per heavy atom. The first-order valence-corrected chi connectivity index (χ1v) is 6.78. The number of nitrogens with one attached hydrogen (secondary N) is 1. The molecule has 0 aliphatic carbocycles. The molecule has 3 heteroatoms. The second-order valence-electron chi connectivity index (χ2n) is 5.31. The Kier molecular flexibility index (Phi) is 3.60. The minimum absolute atomic E-state index is 0.153. The maximum atomic E-state index is 7.54. The van der Waals surface area contributed by atoms with E-state index in [-0.39, 0.29) is 5.84 Å². The highest BCUT2D eigenvalue weighted by molar-refractivity contribution is 5.96. The predicted octanol–water partition coefficient (Wildman–Crippen LogP) is 3.05. The van der Waals surface area contributed by atoms with Gasteiger partial charge in [0.15, 0.2) is 0 Å². The SMILES string of the molecule is CCC1CCC(C)N1c1ccc(C(=N)N)c(C)c1. The van der Waals surface area contributed by atoms with Gasteiger partial charge in [-0.2, -0.15) is 0 Å². The lowest BCUT2D eigenvalue weighted by molar-refractivity contribution is 0.628. The van der Waals surface area contributed by atoms with Gasteiger partial charge in [-0.05, 0) is 56.9 Å². The highest BCUT2D eigenvalue weighted by atomic mass is 15.2. The van der Waals surface area contributed by atoms with Gasteiger partial charge in [-0.3, -0.25) is 5.41 Å². The van der Waals surface area contributed by atoms with E-state index in [9.17, 15) is 0 Å². The van der Waals surface area contributed by atoms with Gasteiger partial charge in [-0.25, -0.2) is 0 Å². The summed E-state index contributed by atoms with van der Waals surface area (Å²) < 4.78 is 0. The number of hydrogen-bond donors (Lipinski definition) is 2. The molecule has 0 aromatic heterocycles. The molecule has 1 aromatic carbocycles. The summed E-state index contributed by atoms with van der Waals surface area (Å²) in [6.07, 6.45) is 3.75. The largest absolute Gasteiger partial charge is 0.384 e. The molecule has 2 unspecified atom stereocenters. The molecule has 18 heavy (non-hydrogen) atoms. The summed E-state index contributed by atoms with van der Waals surface area (Å²) in [6, 6.07) is 7.51. The number of anilines is 1. The molecule has 1 heterocycles. The van der Waals surface area contributed by atoms with Gasteiger partial charge in [0, 0.05) is 23.3 Å². The van der Waals surface area contributed by atoms with Gasteiger partial charge in [0.05, 0.1) is 0 Å². The molecule has 0 radical (unpaired) electrons. The molecule has 1 aromatic rings. The van der Waals surface area contributed by atoms with Crippen molar-refractivity contribution in [3.05, 3.63) is 29.3 Å². The molecule has 2 atom stereocenters. The van der Waals surface area contributed by atoms with Crippen LogP contribution in [0.3, 0.4) is 0 Å². The maximum Gasteiger partial charge on any atom is 0.123 e. The molecule has 0 spiro atoms. The summed E-state index contributed by atoms with van der Waals surface area (Å²) in [5.74, 6) is 0.153. The van der Waals surface area contributed by atoms with Crippen LogP contribution in [-0.2, 0) is 0 Å². The summed E-state index contributed by atoms with van der Waals surface area (Å²) in [4.78, 5) is 2.52. The summed E-state index contributed by atoms with van der Waals surface area (Å²) in [5, 5.41) is 7.54. The number of hydrogen-bond acceptors (Lipinski definition) is 2. The van der Waals surface area contributed by atoms with E-state index in [1.54, 1.807) is 0 Å². The van der Waals surface area contributed by atoms with Crippen LogP contribution in [0.1, 0.15) is 44.2 Å². The molecule has 0 bridgehead atoms. The van der Waals surface area contributed by atoms with Crippen LogP contribution in [0.15, 0.2) is 18.2 Å². The van der Waals surface area contributed by atoms with Gasteiger partial charge in [0.2, 0.25) is 0 Å². The predicted molar refractivity (Wildman–Crippen MR) is 77.4 cm³/mol. The first-order valence-electron chi connectivity index (χ1n) is 6.78. The van der Waals surface area contributed by atoms with Crippen molar-refractivity contribution in [1.82, 2.24) is 0 Å². The zero-order chi connectivity index (χ0) is 13.3. The highest BCUT2D eigenvalue weighted by Crippen LogP contribution is 2.32. The van der Waals surface area contributed by atoms with Gasteiger partial charge in [0.25, 0.3) is 0 Å². The van der Waals surface area contributed by atoms with Crippen LogP contribution < -0.4 is 10.6 Å². The number of rotatable bonds is 3. The van der Waals surface area contributed by atoms with Gasteiger partial charge >= 0.3 is 0 Å². The van der Waals surface area contributed by atoms with Crippen LogP contribution >= 0.6 is 0 Å². The van der Waals surface area contributed by atoms with E-state index in [1.807, 2.05) is 13.0 Å². The topological polar surface area (TPSA) is 53.1 Å². The monoisotopic (exact) mass is 245 g/mol. The van der Waals surface area contributed by atoms with Crippen LogP contribution in [-0.4, -0.2) is 17.9 Å². The van der Waals surface area contributed by atoms with Crippen molar-refractivity contribution in [2.75, 3.05) is 4.90 Å². The van der Waals surface area contributed by atoms with Crippen LogP contribution in [0.2, 0.25) is 0 Å². The summed E-state index contributed by atoms with van der Waals surface area (Å²) >= 11 is 0. The van der Waals surface area contributed by atoms with E-state index in [4.69, 9.17) is 11.1 Å². The second kappa shape index (κ2) is 5.01. The zero-order valence-electron chi connectivity index (χ0n) is 11.5. The maximum absolute atomic E-state index is 7.54. The fourth-order valence-corrected chi connectivity index (χ4v) is 3.05. The van der Waals surface area contributed by atoms with Gasteiger partial charge in [0.1, 0.15) is 5.84 Å². The molecular formula is C15H23N3. The molecule has 98 valence electrons. The van der Waals surface area contributed by atoms with Crippen molar-refractivity contribution < 1.29 is 0 Å². The molecule has 3 N–H and O–H groups in total. The molecule has 0 amide bonds. The number of nitrogens with two attached hydrogens (primary N) is 1. The molecular weight excluding hydrogens is 222 g/mol. The lowest BCUT2D eigenvalue weighted by Crippen LogP contribution is -2.34. The average molecular weight is 245 g/mol. The minimum Gasteiger partial charge on any atom is -0.384 e. The minimum atomic E-state index is 0.153. The fourth-order valence-electron chi connectivity index (χ4n) is 3.05. The Labute approximate surface area is 109 Å². The Balaban J connectivity index is 2.33. The van der Waals surface area contributed by atoms with Gasteiger partial charge in [-0.15, -0.1) is 0 Å². The second-order valence-corrected chi connectivity index (χ2v) is 5.31. The van der Waals surface area contributed by atoms with Crippen LogP contribution in [0.25, 0.3) is 0 Å². The van der Waals surface area contributed by atoms with Crippen molar-refractivity contribution in [2.45, 2.75) is 52.1 Å². The van der Waals surface area contributed by atoms with E-state index in [1.165, 1.54) is 24.9 Å².